The number of hydrogen-bond acceptors (Lipinski definition) is 13. The molecule has 1 saturated heterocycles. The van der Waals surface area contributed by atoms with E-state index in [2.05, 4.69) is 46.5 Å². The van der Waals surface area contributed by atoms with Crippen molar-refractivity contribution >= 4 is 59.3 Å². The average molecular weight is 1030 g/mol. The number of rotatable bonds is 29. The fraction of sp³-hybridized carbons (Fsp3) is 0.596. The number of benzene rings is 1. The van der Waals surface area contributed by atoms with Crippen LogP contribution in [0.3, 0.4) is 0 Å². The maximum absolute atomic E-state index is 14.8. The minimum absolute atomic E-state index is 0.00511. The number of carbonyl (C=O) groups is 8. The van der Waals surface area contributed by atoms with Gasteiger partial charge in [0.25, 0.3) is 0 Å². The molecule has 2 aromatic rings. The zero-order valence-corrected chi connectivity index (χ0v) is 42.4. The molecule has 0 aliphatic carbocycles. The summed E-state index contributed by atoms with van der Waals surface area (Å²) in [6.07, 6.45) is 3.71. The van der Waals surface area contributed by atoms with E-state index in [4.69, 9.17) is 22.9 Å². The highest BCUT2D eigenvalue weighted by molar-refractivity contribution is 5.97. The minimum atomic E-state index is -1.35. The van der Waals surface area contributed by atoms with Crippen LogP contribution in [-0.2, 0) is 51.2 Å². The quantitative estimate of drug-likeness (QED) is 0.0238. The van der Waals surface area contributed by atoms with Gasteiger partial charge in [0, 0.05) is 51.4 Å². The largest absolute Gasteiger partial charge is 0.508 e. The molecule has 0 spiro atoms. The maximum Gasteiger partial charge on any atom is 0.326 e. The first kappa shape index (κ1) is 59.8. The third kappa shape index (κ3) is 19.9. The number of likely N-dealkylation sites (N-methyl/N-ethyl adjacent to an activating group) is 1. The number of amides is 6. The topological polar surface area (TPSA) is 421 Å². The number of aliphatic imine (C=N–C) groups is 2. The SMILES string of the molecule is CC(C)C[C@H](NC(=O)[C@@H](NC(=O)[C@H](Cc1ccc(O)cc1)NC(=O)[C@@H]1CCCN1C(=O)[C@H](CCCN=C(N)N)N(C)C(=O)[C@H](CCCN=C(N)N)NC(=O)CN[C@@H](Cc1cnc[nH]1)C(=O)O)C(C)(C)C)C(=O)O. The molecule has 0 bridgehead atoms. The molecule has 0 unspecified atom stereocenters. The van der Waals surface area contributed by atoms with Crippen molar-refractivity contribution in [2.45, 2.75) is 135 Å². The Labute approximate surface area is 424 Å². The lowest BCUT2D eigenvalue weighted by atomic mass is 9.85. The van der Waals surface area contributed by atoms with Crippen molar-refractivity contribution in [2.75, 3.05) is 33.2 Å². The van der Waals surface area contributed by atoms with Gasteiger partial charge in [0.05, 0.1) is 12.9 Å². The molecule has 1 aliphatic heterocycles. The van der Waals surface area contributed by atoms with Crippen LogP contribution in [0.2, 0.25) is 0 Å². The zero-order valence-electron chi connectivity index (χ0n) is 42.4. The van der Waals surface area contributed by atoms with Gasteiger partial charge in [-0.1, -0.05) is 46.8 Å². The van der Waals surface area contributed by atoms with Crippen LogP contribution in [-0.4, -0.2) is 170 Å². The number of nitrogens with zero attached hydrogens (tertiary/aromatic N) is 5. The molecule has 1 aromatic heterocycles. The summed E-state index contributed by atoms with van der Waals surface area (Å²) in [5.41, 5.74) is 22.2. The summed E-state index contributed by atoms with van der Waals surface area (Å²) in [5, 5.41) is 43.0. The average Bonchev–Trinajstić information content (AvgIpc) is 4.02. The summed E-state index contributed by atoms with van der Waals surface area (Å²) in [5.74, 6) is -7.33. The van der Waals surface area contributed by atoms with Crippen LogP contribution in [0.1, 0.15) is 90.8 Å². The van der Waals surface area contributed by atoms with E-state index in [-0.39, 0.29) is 94.6 Å². The lowest BCUT2D eigenvalue weighted by molar-refractivity contribution is -0.149. The third-order valence-corrected chi connectivity index (χ3v) is 12.0. The van der Waals surface area contributed by atoms with Crippen molar-refractivity contribution in [3.63, 3.8) is 0 Å². The number of phenols is 1. The fourth-order valence-corrected chi connectivity index (χ4v) is 8.17. The molecule has 1 fully saturated rings. The van der Waals surface area contributed by atoms with Crippen molar-refractivity contribution in [3.8, 4) is 5.75 Å². The van der Waals surface area contributed by atoms with Crippen LogP contribution in [0.5, 0.6) is 5.75 Å². The van der Waals surface area contributed by atoms with Gasteiger partial charge in [0.15, 0.2) is 11.9 Å². The molecule has 17 N–H and O–H groups in total. The van der Waals surface area contributed by atoms with Crippen LogP contribution in [0.15, 0.2) is 46.8 Å². The van der Waals surface area contributed by atoms with Crippen LogP contribution in [0, 0.1) is 11.3 Å². The minimum Gasteiger partial charge on any atom is -0.508 e. The summed E-state index contributed by atoms with van der Waals surface area (Å²) in [6.45, 7) is 8.40. The van der Waals surface area contributed by atoms with Crippen LogP contribution in [0.25, 0.3) is 0 Å². The molecule has 3 rings (SSSR count). The molecule has 73 heavy (non-hydrogen) atoms. The molecule has 2 heterocycles. The zero-order chi connectivity index (χ0) is 54.6. The van der Waals surface area contributed by atoms with Crippen molar-refractivity contribution in [2.24, 2.45) is 44.3 Å². The second-order valence-electron chi connectivity index (χ2n) is 19.5. The van der Waals surface area contributed by atoms with Gasteiger partial charge in [-0.05, 0) is 74.0 Å². The standard InChI is InChI=1S/C47H75N15O11/c1-26(2)20-33(44(72)73)59-40(67)37(47(3,4)5)60-38(65)31(21-27-13-15-29(63)16-14-27)58-39(66)34-12-9-19-62(34)42(69)35(11-8-18-54-46(50)51)61(6)41(68)30(10-7-17-53-45(48)49)57-36(64)24-55-32(43(70)71)22-28-23-52-25-56-28/h13-16,23,25-26,30-35,37,55,63H,7-12,17-22,24H2,1-6H3,(H,52,56)(H,57,64)(H,58,66)(H,59,67)(H,60,65)(H,70,71)(H,72,73)(H4,48,49,53)(H4,50,51,54)/t30-,31-,32-,33-,34-,35-,37+/m0/s1. The van der Waals surface area contributed by atoms with Gasteiger partial charge in [-0.3, -0.25) is 48.9 Å². The van der Waals surface area contributed by atoms with Crippen molar-refractivity contribution in [3.05, 3.63) is 48.0 Å². The summed E-state index contributed by atoms with van der Waals surface area (Å²) in [7, 11) is 1.37. The van der Waals surface area contributed by atoms with Gasteiger partial charge < -0.3 is 74.3 Å². The molecule has 26 nitrogen and oxygen atoms in total. The van der Waals surface area contributed by atoms with E-state index < -0.39 is 102 Å². The fourth-order valence-electron chi connectivity index (χ4n) is 8.17. The van der Waals surface area contributed by atoms with Crippen LogP contribution in [0.4, 0.5) is 0 Å². The van der Waals surface area contributed by atoms with E-state index in [1.54, 1.807) is 46.8 Å². The Kier molecular flexibility index (Phi) is 23.4. The second-order valence-corrected chi connectivity index (χ2v) is 19.5. The summed E-state index contributed by atoms with van der Waals surface area (Å²) in [6, 6.07) is -2.82. The molecule has 0 saturated carbocycles. The molecule has 404 valence electrons. The summed E-state index contributed by atoms with van der Waals surface area (Å²) < 4.78 is 0. The van der Waals surface area contributed by atoms with Crippen LogP contribution >= 0.6 is 0 Å². The molecule has 1 aliphatic rings. The highest BCUT2D eigenvalue weighted by Crippen LogP contribution is 2.24. The van der Waals surface area contributed by atoms with E-state index >= 15 is 0 Å². The predicted octanol–water partition coefficient (Wildman–Crippen LogP) is -2.02. The summed E-state index contributed by atoms with van der Waals surface area (Å²) >= 11 is 0. The highest BCUT2D eigenvalue weighted by atomic mass is 16.4. The predicted molar refractivity (Wildman–Crippen MR) is 269 cm³/mol. The molecule has 26 heteroatoms. The molecular formula is C47H75N15O11. The van der Waals surface area contributed by atoms with Crippen molar-refractivity contribution < 1.29 is 53.7 Å². The van der Waals surface area contributed by atoms with Crippen LogP contribution < -0.4 is 49.5 Å². The number of aromatic amines is 1. The van der Waals surface area contributed by atoms with Gasteiger partial charge in [-0.2, -0.15) is 0 Å². The summed E-state index contributed by atoms with van der Waals surface area (Å²) in [4.78, 5) is 127. The van der Waals surface area contributed by atoms with Gasteiger partial charge in [0.2, 0.25) is 35.4 Å². The van der Waals surface area contributed by atoms with Gasteiger partial charge in [-0.25, -0.2) is 9.78 Å². The van der Waals surface area contributed by atoms with Crippen molar-refractivity contribution in [1.82, 2.24) is 46.4 Å². The van der Waals surface area contributed by atoms with E-state index in [0.29, 0.717) is 17.7 Å². The van der Waals surface area contributed by atoms with E-state index in [1.807, 2.05) is 0 Å². The molecule has 1 aromatic carbocycles. The lowest BCUT2D eigenvalue weighted by Crippen LogP contribution is -2.61. The van der Waals surface area contributed by atoms with Gasteiger partial charge in [0.1, 0.15) is 48.0 Å². The molecule has 6 amide bonds. The first-order valence-corrected chi connectivity index (χ1v) is 24.1. The second kappa shape index (κ2) is 28.5. The van der Waals surface area contributed by atoms with E-state index in [0.717, 1.165) is 4.90 Å². The number of imidazole rings is 1. The molecule has 0 radical (unpaired) electrons. The Morgan fingerprint density at radius 3 is 1.99 bits per heavy atom. The number of H-pyrrole nitrogens is 1. The first-order valence-electron chi connectivity index (χ1n) is 24.1. The maximum atomic E-state index is 14.8. The highest BCUT2D eigenvalue weighted by Gasteiger charge is 2.42. The number of nitrogens with one attached hydrogen (secondary N) is 6. The lowest BCUT2D eigenvalue weighted by Gasteiger charge is -2.35. The molecule has 7 atom stereocenters. The Morgan fingerprint density at radius 1 is 0.822 bits per heavy atom. The normalized spacial score (nSPS) is 15.9. The monoisotopic (exact) mass is 1030 g/mol. The number of phenolic OH excluding ortho intramolecular Hbond substituents is 1. The number of carbonyl (C=O) groups excluding carboxylic acids is 6. The number of carboxylic acids is 2. The number of aromatic hydroxyl groups is 1. The van der Waals surface area contributed by atoms with E-state index in [1.165, 1.54) is 36.6 Å². The third-order valence-electron chi connectivity index (χ3n) is 12.0. The number of nitrogens with two attached hydrogens (primary N) is 4. The number of carboxylic acid groups (broad SMARTS) is 2. The Hall–Kier alpha value is -7.51. The van der Waals surface area contributed by atoms with Crippen molar-refractivity contribution in [1.29, 1.82) is 0 Å². The number of likely N-dealkylation sites (tertiary alicyclic amines) is 1. The van der Waals surface area contributed by atoms with E-state index in [9.17, 15) is 53.7 Å². The Morgan fingerprint density at radius 2 is 1.44 bits per heavy atom. The smallest absolute Gasteiger partial charge is 0.326 e. The Balaban J connectivity index is 1.94. The number of aromatic nitrogens is 2. The number of hydrogen-bond donors (Lipinski definition) is 13. The first-order chi connectivity index (χ1) is 34.3. The number of aliphatic carboxylic acids is 2. The van der Waals surface area contributed by atoms with Gasteiger partial charge >= 0.3 is 11.9 Å². The number of guanidine groups is 2. The Bertz CT molecular complexity index is 2240. The molecular weight excluding hydrogens is 951 g/mol. The van der Waals surface area contributed by atoms with Gasteiger partial charge in [-0.15, -0.1) is 0 Å².